The molecule has 0 saturated carbocycles. The number of hydrogen-bond acceptors (Lipinski definition) is 6. The Hall–Kier alpha value is -2.40. The van der Waals surface area contributed by atoms with Gasteiger partial charge in [-0.2, -0.15) is 23.5 Å². The van der Waals surface area contributed by atoms with Gasteiger partial charge >= 0.3 is 10.1 Å². The molecule has 0 aromatic carbocycles. The number of pyridine rings is 1. The summed E-state index contributed by atoms with van der Waals surface area (Å²) < 4.78 is 29.0. The van der Waals surface area contributed by atoms with Crippen molar-refractivity contribution in [2.45, 2.75) is 6.92 Å². The predicted octanol–water partition coefficient (Wildman–Crippen LogP) is 0.867. The number of nitriles is 1. The molecule has 98 valence electrons. The lowest BCUT2D eigenvalue weighted by Gasteiger charge is -2.06. The highest BCUT2D eigenvalue weighted by Crippen LogP contribution is 2.19. The van der Waals surface area contributed by atoms with Gasteiger partial charge in [0.05, 0.1) is 5.75 Å². The summed E-state index contributed by atoms with van der Waals surface area (Å²) in [5.41, 5.74) is 0.0481. The molecule has 0 saturated heterocycles. The summed E-state index contributed by atoms with van der Waals surface area (Å²) in [6, 6.07) is 8.13. The van der Waals surface area contributed by atoms with Gasteiger partial charge in [0.1, 0.15) is 6.07 Å². The van der Waals surface area contributed by atoms with E-state index >= 15 is 0 Å². The van der Waals surface area contributed by atoms with Gasteiger partial charge in [-0.15, -0.1) is 0 Å². The van der Waals surface area contributed by atoms with Crippen LogP contribution in [0.3, 0.4) is 0 Å². The molecule has 2 heterocycles. The van der Waals surface area contributed by atoms with Crippen molar-refractivity contribution in [3.8, 4) is 17.8 Å². The van der Waals surface area contributed by atoms with Gasteiger partial charge in [0.15, 0.2) is 11.5 Å². The summed E-state index contributed by atoms with van der Waals surface area (Å²) in [7, 11) is -3.70. The van der Waals surface area contributed by atoms with Crippen molar-refractivity contribution in [2.75, 3.05) is 5.75 Å². The van der Waals surface area contributed by atoms with Crippen molar-refractivity contribution >= 4 is 10.1 Å². The maximum absolute atomic E-state index is 11.5. The Balaban J connectivity index is 2.50. The van der Waals surface area contributed by atoms with E-state index in [1.165, 1.54) is 23.9 Å². The van der Waals surface area contributed by atoms with Gasteiger partial charge in [0, 0.05) is 12.3 Å². The minimum absolute atomic E-state index is 0.0481. The molecule has 8 heteroatoms. The van der Waals surface area contributed by atoms with Crippen molar-refractivity contribution in [1.82, 2.24) is 14.8 Å². The first-order valence-electron chi connectivity index (χ1n) is 5.39. The number of rotatable bonds is 4. The third kappa shape index (κ3) is 2.89. The third-order valence-electron chi connectivity index (χ3n) is 2.22. The quantitative estimate of drug-likeness (QED) is 0.769. The van der Waals surface area contributed by atoms with Crippen LogP contribution in [0.4, 0.5) is 0 Å². The Bertz CT molecular complexity index is 716. The molecule has 0 fully saturated rings. The molecule has 7 nitrogen and oxygen atoms in total. The van der Waals surface area contributed by atoms with Gasteiger partial charge in [-0.3, -0.25) is 0 Å². The van der Waals surface area contributed by atoms with E-state index in [2.05, 4.69) is 10.1 Å². The molecule has 19 heavy (non-hydrogen) atoms. The van der Waals surface area contributed by atoms with Crippen molar-refractivity contribution in [1.29, 1.82) is 5.26 Å². The maximum Gasteiger partial charge on any atom is 0.310 e. The standard InChI is InChI=1S/C11H10N4O3S/c1-2-19(16,17)18-11-7-9(8-12)14-15(11)10-5-3-4-6-13-10/h3-7H,2H2,1H3. The van der Waals surface area contributed by atoms with Gasteiger partial charge in [0.2, 0.25) is 5.88 Å². The number of hydrogen-bond donors (Lipinski definition) is 0. The van der Waals surface area contributed by atoms with E-state index in [1.807, 2.05) is 6.07 Å². The Kier molecular flexibility index (Phi) is 3.48. The highest BCUT2D eigenvalue weighted by atomic mass is 32.2. The predicted molar refractivity (Wildman–Crippen MR) is 66.2 cm³/mol. The average molecular weight is 278 g/mol. The second-order valence-corrected chi connectivity index (χ2v) is 5.37. The van der Waals surface area contributed by atoms with E-state index in [4.69, 9.17) is 9.44 Å². The van der Waals surface area contributed by atoms with Gasteiger partial charge in [0.25, 0.3) is 0 Å². The molecular weight excluding hydrogens is 268 g/mol. The molecule has 0 aliphatic rings. The second kappa shape index (κ2) is 5.07. The fourth-order valence-corrected chi connectivity index (χ4v) is 1.81. The van der Waals surface area contributed by atoms with Crippen LogP contribution in [0.25, 0.3) is 5.82 Å². The van der Waals surface area contributed by atoms with Crippen molar-refractivity contribution in [2.24, 2.45) is 0 Å². The molecule has 0 spiro atoms. The van der Waals surface area contributed by atoms with Crippen LogP contribution >= 0.6 is 0 Å². The number of aromatic nitrogens is 3. The fraction of sp³-hybridized carbons (Fsp3) is 0.182. The van der Waals surface area contributed by atoms with Crippen LogP contribution in [-0.4, -0.2) is 28.9 Å². The first-order chi connectivity index (χ1) is 9.05. The monoisotopic (exact) mass is 278 g/mol. The normalized spacial score (nSPS) is 10.9. The van der Waals surface area contributed by atoms with Gasteiger partial charge < -0.3 is 4.18 Å². The van der Waals surface area contributed by atoms with E-state index in [1.54, 1.807) is 18.2 Å². The van der Waals surface area contributed by atoms with Crippen LogP contribution in [0.15, 0.2) is 30.5 Å². The van der Waals surface area contributed by atoms with Crippen LogP contribution in [0.2, 0.25) is 0 Å². The van der Waals surface area contributed by atoms with E-state index < -0.39 is 10.1 Å². The third-order valence-corrected chi connectivity index (χ3v) is 3.36. The first kappa shape index (κ1) is 13.0. The van der Waals surface area contributed by atoms with Gasteiger partial charge in [-0.25, -0.2) is 4.98 Å². The molecule has 0 unspecified atom stereocenters. The van der Waals surface area contributed by atoms with Crippen LogP contribution in [-0.2, 0) is 10.1 Å². The summed E-state index contributed by atoms with van der Waals surface area (Å²) in [5.74, 6) is 0.129. The Morgan fingerprint density at radius 1 is 1.47 bits per heavy atom. The number of nitrogens with zero attached hydrogens (tertiary/aromatic N) is 4. The summed E-state index contributed by atoms with van der Waals surface area (Å²) in [6.45, 7) is 1.46. The average Bonchev–Trinajstić information content (AvgIpc) is 2.82. The molecular formula is C11H10N4O3S. The molecule has 0 aliphatic heterocycles. The zero-order valence-corrected chi connectivity index (χ0v) is 10.8. The second-order valence-electron chi connectivity index (χ2n) is 3.51. The van der Waals surface area contributed by atoms with Crippen LogP contribution in [0.5, 0.6) is 5.88 Å². The van der Waals surface area contributed by atoms with Crippen LogP contribution < -0.4 is 4.18 Å². The largest absolute Gasteiger partial charge is 0.361 e. The molecule has 0 atom stereocenters. The molecule has 0 radical (unpaired) electrons. The fourth-order valence-electron chi connectivity index (χ4n) is 1.31. The van der Waals surface area contributed by atoms with E-state index in [0.29, 0.717) is 5.82 Å². The van der Waals surface area contributed by atoms with Crippen LogP contribution in [0.1, 0.15) is 12.6 Å². The molecule has 0 N–H and O–H groups in total. The lowest BCUT2D eigenvalue weighted by Crippen LogP contribution is -2.14. The molecule has 2 aromatic heterocycles. The minimum Gasteiger partial charge on any atom is -0.361 e. The molecule has 0 bridgehead atoms. The Morgan fingerprint density at radius 2 is 2.26 bits per heavy atom. The Labute approximate surface area is 110 Å². The summed E-state index contributed by atoms with van der Waals surface area (Å²) in [4.78, 5) is 4.03. The van der Waals surface area contributed by atoms with Crippen molar-refractivity contribution in [3.63, 3.8) is 0 Å². The summed E-state index contributed by atoms with van der Waals surface area (Å²) in [6.07, 6.45) is 1.53. The molecule has 0 aliphatic carbocycles. The lowest BCUT2D eigenvalue weighted by atomic mass is 10.4. The molecule has 2 aromatic rings. The highest BCUT2D eigenvalue weighted by Gasteiger charge is 2.17. The van der Waals surface area contributed by atoms with Crippen LogP contribution in [0, 0.1) is 11.3 Å². The smallest absolute Gasteiger partial charge is 0.310 e. The topological polar surface area (TPSA) is 97.9 Å². The first-order valence-corrected chi connectivity index (χ1v) is 6.97. The van der Waals surface area contributed by atoms with Crippen molar-refractivity contribution in [3.05, 3.63) is 36.2 Å². The molecule has 0 amide bonds. The van der Waals surface area contributed by atoms with Gasteiger partial charge in [-0.05, 0) is 19.1 Å². The zero-order valence-electron chi connectivity index (χ0n) is 10.0. The van der Waals surface area contributed by atoms with E-state index in [-0.39, 0.29) is 17.3 Å². The zero-order chi connectivity index (χ0) is 13.9. The Morgan fingerprint density at radius 3 is 2.84 bits per heavy atom. The maximum atomic E-state index is 11.5. The highest BCUT2D eigenvalue weighted by molar-refractivity contribution is 7.87. The van der Waals surface area contributed by atoms with E-state index in [0.717, 1.165) is 0 Å². The lowest BCUT2D eigenvalue weighted by molar-refractivity contribution is 0.465. The summed E-state index contributed by atoms with van der Waals surface area (Å²) >= 11 is 0. The summed E-state index contributed by atoms with van der Waals surface area (Å²) in [5, 5.41) is 12.7. The van der Waals surface area contributed by atoms with Crippen molar-refractivity contribution < 1.29 is 12.6 Å². The van der Waals surface area contributed by atoms with E-state index in [9.17, 15) is 8.42 Å². The van der Waals surface area contributed by atoms with Gasteiger partial charge in [-0.1, -0.05) is 6.07 Å². The minimum atomic E-state index is -3.70. The molecule has 2 rings (SSSR count). The SMILES string of the molecule is CCS(=O)(=O)Oc1cc(C#N)nn1-c1ccccn1.